The summed E-state index contributed by atoms with van der Waals surface area (Å²) >= 11 is 1.77. The lowest BCUT2D eigenvalue weighted by Crippen LogP contribution is -2.35. The Morgan fingerprint density at radius 2 is 0.607 bits per heavy atom. The van der Waals surface area contributed by atoms with Gasteiger partial charge in [-0.05, 0) is 453 Å². The van der Waals surface area contributed by atoms with Gasteiger partial charge < -0.3 is 5.32 Å². The summed E-state index contributed by atoms with van der Waals surface area (Å²) in [5.74, 6) is 0.845. The van der Waals surface area contributed by atoms with Gasteiger partial charge in [-0.15, -0.1) is 11.3 Å². The Balaban J connectivity index is 0.000000184. The van der Waals surface area contributed by atoms with Crippen molar-refractivity contribution in [1.82, 2.24) is 5.32 Å². The lowest BCUT2D eigenvalue weighted by Gasteiger charge is -2.31. The molecule has 1 heterocycles. The van der Waals surface area contributed by atoms with Gasteiger partial charge in [-0.1, -0.05) is 154 Å². The van der Waals surface area contributed by atoms with E-state index >= 15 is 0 Å². The average molecular weight is 2220 g/mol. The summed E-state index contributed by atoms with van der Waals surface area (Å²) < 4.78 is 252. The Hall–Kier alpha value is -7.18. The van der Waals surface area contributed by atoms with Gasteiger partial charge in [-0.3, -0.25) is 0 Å². The number of hydrogen-bond acceptors (Lipinski definition) is 14. The maximum Gasteiger partial charge on any atom is 0.159 e. The summed E-state index contributed by atoms with van der Waals surface area (Å²) in [5.41, 5.74) is 11.1. The monoisotopic (exact) mass is 2220 g/mol. The predicted molar refractivity (Wildman–Crippen MR) is 603 cm³/mol. The number of sulfone groups is 6. The van der Waals surface area contributed by atoms with E-state index in [2.05, 4.69) is 95.6 Å². The first-order valence-electron chi connectivity index (χ1n) is 54.4. The second-order valence-electron chi connectivity index (χ2n) is 49.5. The first kappa shape index (κ1) is 125. The van der Waals surface area contributed by atoms with Crippen LogP contribution >= 0.6 is 11.3 Å². The van der Waals surface area contributed by atoms with Crippen LogP contribution in [0.3, 0.4) is 0 Å². The van der Waals surface area contributed by atoms with Crippen molar-refractivity contribution in [2.75, 3.05) is 35.3 Å². The number of nitrogens with one attached hydrogen (secondary N) is 1. The van der Waals surface area contributed by atoms with Crippen molar-refractivity contribution in [2.45, 2.75) is 358 Å². The van der Waals surface area contributed by atoms with Crippen molar-refractivity contribution in [3.05, 3.63) is 272 Å². The standard InChI is InChI=1S/C25H33NO2S.C21H24O2S2.4C19H28F2O2S/c1-25(2,3)29(27,28)17-19-14-12-18(13-15-19)16-26-24-22-10-6-4-8-20(22)21-9-5-7-11-23(21)24;1-21(2,3)25(22,23)15-18-8-5-16(6-9-18)4-7-17-10-11-20-19(14-17)12-13-24-20;1-19(2,3)24(22,23)13-15-7-4-14(5-8-15)6-9-16-10-17(20)12-18(21)11-16;1-19(2,3)24(22,23)13-16-8-5-14(6-9-16)4-7-15-10-11-17(20)18(21)12-15;1-19(2,3)24(22,23)13-15-6-4-14(5-7-15)8-9-16-10-11-17(20)12-18(16)21;1-19(2,3)24(22,23)13-15-9-7-14(8-10-15)11-12-16-17(20)5-4-6-18(16)21/h4-11,18-19,24,26H,12-17H2,1-3H3;5-6,8-14H,4,7,15H2,1-3H3;10-12,14-15H,4-9,13H2,1-3H3;10-12,14,16H,4-9,13H2,1-3H3;10-12,14-15H,4-9,13H2,1-3H3;4-6,14-15H,7-13H2,1-3H3. The SMILES string of the molecule is CC(C)(C)S(=O)(=O)CC1CCC(CCc2c(F)cccc2F)CC1.CC(C)(C)S(=O)(=O)CC1CCC(CCc2cc(F)cc(F)c2)CC1.CC(C)(C)S(=O)(=O)CC1CCC(CCc2ccc(F)c(F)c2)CC1.CC(C)(C)S(=O)(=O)CC1CCC(CCc2ccc(F)cc2F)CC1.CC(C)(C)S(=O)(=O)CC1CCC(CNC2c3ccccc3-c3ccccc32)CC1.CC(C)(C)S(=O)(=O)Cc1ccc(CCc2ccc3sccc3c2)cc1. The summed E-state index contributed by atoms with van der Waals surface area (Å²) in [6.45, 7) is 32.7. The van der Waals surface area contributed by atoms with Crippen molar-refractivity contribution in [3.63, 3.8) is 0 Å². The summed E-state index contributed by atoms with van der Waals surface area (Å²) in [7, 11) is -18.4. The molecule has 1 aromatic heterocycles. The van der Waals surface area contributed by atoms with E-state index in [1.54, 1.807) is 121 Å². The number of benzene rings is 8. The highest BCUT2D eigenvalue weighted by Gasteiger charge is 2.41. The van der Waals surface area contributed by atoms with Crippen LogP contribution in [0.4, 0.5) is 35.1 Å². The molecule has 0 atom stereocenters. The molecular weight excluding hydrogens is 2050 g/mol. The molecule has 0 aliphatic heterocycles. The molecule has 832 valence electrons. The van der Waals surface area contributed by atoms with Gasteiger partial charge in [-0.2, -0.15) is 0 Å². The van der Waals surface area contributed by atoms with Gasteiger partial charge in [0.1, 0.15) is 34.9 Å². The maximum absolute atomic E-state index is 13.7. The topological polar surface area (TPSA) is 217 Å². The van der Waals surface area contributed by atoms with Crippen molar-refractivity contribution < 1.29 is 85.6 Å². The van der Waals surface area contributed by atoms with Crippen LogP contribution in [0.25, 0.3) is 21.2 Å². The van der Waals surface area contributed by atoms with Crippen molar-refractivity contribution >= 4 is 80.4 Å². The molecule has 9 aromatic rings. The van der Waals surface area contributed by atoms with E-state index in [0.717, 1.165) is 203 Å². The van der Waals surface area contributed by atoms with Crippen molar-refractivity contribution in [3.8, 4) is 11.1 Å². The van der Waals surface area contributed by atoms with Crippen LogP contribution in [0, 0.1) is 106 Å². The molecule has 8 aromatic carbocycles. The van der Waals surface area contributed by atoms with Crippen molar-refractivity contribution in [2.24, 2.45) is 59.2 Å². The minimum atomic E-state index is -3.13. The normalized spacial score (nSPS) is 20.8. The van der Waals surface area contributed by atoms with E-state index in [1.165, 1.54) is 98.1 Å². The maximum atomic E-state index is 13.7. The molecule has 6 aliphatic rings. The molecule has 13 nitrogen and oxygen atoms in total. The van der Waals surface area contributed by atoms with Gasteiger partial charge in [0, 0.05) is 22.4 Å². The van der Waals surface area contributed by atoms with E-state index in [9.17, 15) is 85.6 Å². The number of halogens is 8. The van der Waals surface area contributed by atoms with Crippen LogP contribution < -0.4 is 5.32 Å². The molecule has 0 saturated heterocycles. The number of rotatable bonds is 30. The second kappa shape index (κ2) is 53.7. The number of aryl methyl sites for hydroxylation is 5. The molecule has 5 saturated carbocycles. The molecule has 0 unspecified atom stereocenters. The molecule has 28 heteroatoms. The highest BCUT2D eigenvalue weighted by molar-refractivity contribution is 7.94. The van der Waals surface area contributed by atoms with Crippen LogP contribution in [0.15, 0.2) is 175 Å². The van der Waals surface area contributed by atoms with E-state index in [1.807, 2.05) is 32.9 Å². The van der Waals surface area contributed by atoms with E-state index in [4.69, 9.17) is 0 Å². The molecule has 5 fully saturated rings. The van der Waals surface area contributed by atoms with Crippen LogP contribution in [0.1, 0.15) is 335 Å². The highest BCUT2D eigenvalue weighted by Crippen LogP contribution is 2.46. The fraction of sp³-hybridized carbons (Fsp3) is 0.590. The Kier molecular flexibility index (Phi) is 44.6. The van der Waals surface area contributed by atoms with Gasteiger partial charge in [0.15, 0.2) is 70.7 Å². The Bertz CT molecular complexity index is 6500. The third kappa shape index (κ3) is 37.3. The quantitative estimate of drug-likeness (QED) is 0.0415. The van der Waals surface area contributed by atoms with Crippen LogP contribution in [-0.2, 0) is 103 Å². The number of thiophene rings is 1. The minimum Gasteiger partial charge on any atom is -0.306 e. The zero-order valence-electron chi connectivity index (χ0n) is 92.0. The smallest absolute Gasteiger partial charge is 0.159 e. The third-order valence-electron chi connectivity index (χ3n) is 32.0. The largest absolute Gasteiger partial charge is 0.306 e. The lowest BCUT2D eigenvalue weighted by molar-refractivity contribution is 0.277. The average Bonchev–Trinajstić information content (AvgIpc) is 1.61. The Morgan fingerprint density at radius 3 is 1.00 bits per heavy atom. The molecule has 1 N–H and O–H groups in total. The third-order valence-corrected chi connectivity index (χ3v) is 49.4. The van der Waals surface area contributed by atoms with E-state index in [-0.39, 0.29) is 64.0 Å². The Labute approximate surface area is 899 Å². The summed E-state index contributed by atoms with van der Waals surface area (Å²) in [4.78, 5) is 0. The fourth-order valence-electron chi connectivity index (χ4n) is 20.9. The lowest BCUT2D eigenvalue weighted by atomic mass is 9.80. The second-order valence-corrected chi connectivity index (χ2v) is 67.1. The molecule has 0 amide bonds. The van der Waals surface area contributed by atoms with Gasteiger partial charge in [0.05, 0.1) is 69.0 Å². The zero-order chi connectivity index (χ0) is 111. The molecular formula is C122H169F8NO12S7. The van der Waals surface area contributed by atoms with Gasteiger partial charge in [0.2, 0.25) is 0 Å². The molecule has 0 bridgehead atoms. The number of hydrogen-bond donors (Lipinski definition) is 1. The van der Waals surface area contributed by atoms with Gasteiger partial charge in [0.25, 0.3) is 0 Å². The fourth-order valence-corrected chi connectivity index (χ4v) is 30.0. The van der Waals surface area contributed by atoms with E-state index < -0.39 is 134 Å². The molecule has 150 heavy (non-hydrogen) atoms. The molecule has 0 radical (unpaired) electrons. The predicted octanol–water partition coefficient (Wildman–Crippen LogP) is 30.4. The molecule has 15 rings (SSSR count). The zero-order valence-corrected chi connectivity index (χ0v) is 97.8. The summed E-state index contributed by atoms with van der Waals surface area (Å²) in [6.07, 6.45) is 27.5. The van der Waals surface area contributed by atoms with E-state index in [0.29, 0.717) is 71.6 Å². The molecule has 0 spiro atoms. The minimum absolute atomic E-state index is 0.103. The summed E-state index contributed by atoms with van der Waals surface area (Å²) in [6, 6.07) is 50.0. The van der Waals surface area contributed by atoms with Gasteiger partial charge >= 0.3 is 0 Å². The number of fused-ring (bicyclic) bond motifs is 4. The first-order chi connectivity index (χ1) is 69.8. The highest BCUT2D eigenvalue weighted by atomic mass is 32.2. The van der Waals surface area contributed by atoms with Crippen molar-refractivity contribution in [1.29, 1.82) is 0 Å². The van der Waals surface area contributed by atoms with Crippen LogP contribution in [0.5, 0.6) is 0 Å². The summed E-state index contributed by atoms with van der Waals surface area (Å²) in [5, 5.41) is 7.27. The van der Waals surface area contributed by atoms with Crippen LogP contribution in [-0.4, -0.2) is 114 Å². The molecule has 6 aliphatic carbocycles. The van der Waals surface area contributed by atoms with Crippen LogP contribution in [0.2, 0.25) is 0 Å². The van der Waals surface area contributed by atoms with Gasteiger partial charge in [-0.25, -0.2) is 85.6 Å². The first-order valence-corrected chi connectivity index (χ1v) is 65.2. The Morgan fingerprint density at radius 1 is 0.267 bits per heavy atom.